The van der Waals surface area contributed by atoms with Crippen molar-refractivity contribution >= 4 is 53.2 Å². The second-order valence-electron chi connectivity index (χ2n) is 17.5. The van der Waals surface area contributed by atoms with E-state index in [4.69, 9.17) is 47.4 Å². The molecule has 0 radical (unpaired) electrons. The van der Waals surface area contributed by atoms with E-state index >= 15 is 0 Å². The lowest BCUT2D eigenvalue weighted by Crippen LogP contribution is -2.47. The molecule has 0 aromatic carbocycles. The lowest BCUT2D eigenvalue weighted by Gasteiger charge is -2.27. The molecule has 1 atom stereocenters. The van der Waals surface area contributed by atoms with Gasteiger partial charge in [0, 0.05) is 89.9 Å². The summed E-state index contributed by atoms with van der Waals surface area (Å²) in [4.78, 5) is 116. The monoisotopic (exact) mass is 1060 g/mol. The summed E-state index contributed by atoms with van der Waals surface area (Å²) in [5, 5.41) is 8.17. The number of hydrogen-bond donors (Lipinski definition) is 3. The number of nitrogens with one attached hydrogen (secondary N) is 3. The van der Waals surface area contributed by atoms with Crippen LogP contribution < -0.4 is 16.0 Å². The highest BCUT2D eigenvalue weighted by atomic mass is 16.6. The van der Waals surface area contributed by atoms with E-state index in [1.54, 1.807) is 27.9 Å². The van der Waals surface area contributed by atoms with E-state index < -0.39 is 59.0 Å². The second kappa shape index (κ2) is 40.1. The highest BCUT2D eigenvalue weighted by Crippen LogP contribution is 2.11. The maximum absolute atomic E-state index is 13.4. The van der Waals surface area contributed by atoms with Crippen molar-refractivity contribution in [2.45, 2.75) is 77.4 Å². The summed E-state index contributed by atoms with van der Waals surface area (Å²) < 4.78 is 53.7. The minimum atomic E-state index is -1.02. The number of unbranched alkanes of at least 4 members (excludes halogenated alkanes) is 1. The van der Waals surface area contributed by atoms with Crippen LogP contribution in [0.25, 0.3) is 0 Å². The average Bonchev–Trinajstić information content (AvgIpc) is 3.86. The topological polar surface area (TPSA) is 292 Å². The van der Waals surface area contributed by atoms with Crippen molar-refractivity contribution in [1.82, 2.24) is 30.7 Å². The molecule has 2 aliphatic rings. The van der Waals surface area contributed by atoms with Crippen molar-refractivity contribution in [3.05, 3.63) is 24.3 Å². The third-order valence-electron chi connectivity index (χ3n) is 10.3. The number of ether oxygens (including phenoxy) is 10. The van der Waals surface area contributed by atoms with Gasteiger partial charge in [-0.2, -0.15) is 0 Å². The first-order chi connectivity index (χ1) is 35.6. The van der Waals surface area contributed by atoms with Gasteiger partial charge in [0.25, 0.3) is 23.6 Å². The Morgan fingerprint density at radius 1 is 0.527 bits per heavy atom. The average molecular weight is 1060 g/mol. The normalized spacial score (nSPS) is 13.8. The number of imide groups is 2. The number of hydrogen-bond acceptors (Lipinski definition) is 19. The number of rotatable bonds is 46. The summed E-state index contributed by atoms with van der Waals surface area (Å²) >= 11 is 0. The molecule has 8 amide bonds. The molecule has 420 valence electrons. The minimum Gasteiger partial charge on any atom is -0.460 e. The van der Waals surface area contributed by atoms with Crippen LogP contribution in [0.2, 0.25) is 0 Å². The van der Waals surface area contributed by atoms with E-state index in [0.29, 0.717) is 105 Å². The van der Waals surface area contributed by atoms with Crippen molar-refractivity contribution in [1.29, 1.82) is 0 Å². The van der Waals surface area contributed by atoms with E-state index in [0.717, 1.165) is 34.1 Å². The Bertz CT molecular complexity index is 1690. The Balaban J connectivity index is 1.64. The van der Waals surface area contributed by atoms with Crippen LogP contribution in [0.1, 0.15) is 65.7 Å². The summed E-state index contributed by atoms with van der Waals surface area (Å²) in [7, 11) is 1.62. The third-order valence-corrected chi connectivity index (χ3v) is 10.3. The fourth-order valence-electron chi connectivity index (χ4n) is 6.58. The molecular formula is C49H80N6O19. The van der Waals surface area contributed by atoms with Crippen LogP contribution in [0.15, 0.2) is 24.3 Å². The standard InChI is InChI=1S/C49H80N6O19/c1-49(2,3)74-47(63)9-7-17-51-48(64)39(52-40(56)10-11-42(58)53(18-20-54-43(59)12-13-44(54)60)19-21-55-45(61)14-15-46(55)62)8-5-6-16-50-41(57)38-73-37-36-72-35-34-71-33-32-70-31-30-69-29-28-68-27-26-67-25-24-66-23-22-65-4/h12-15,39H,5-11,16-38H2,1-4H3,(H,50,57)(H,51,64)(H,52,56)/t39-/m0/s1. The number of methoxy groups -OCH3 is 1. The fraction of sp³-hybridized carbons (Fsp3) is 0.735. The molecule has 0 aromatic heterocycles. The second-order valence-corrected chi connectivity index (χ2v) is 17.5. The van der Waals surface area contributed by atoms with Gasteiger partial charge in [-0.3, -0.25) is 53.0 Å². The Labute approximate surface area is 433 Å². The maximum Gasteiger partial charge on any atom is 0.306 e. The quantitative estimate of drug-likeness (QED) is 0.0383. The Kier molecular flexibility index (Phi) is 35.2. The molecule has 0 aromatic rings. The number of nitrogens with zero attached hydrogens (tertiary/aromatic N) is 3. The summed E-state index contributed by atoms with van der Waals surface area (Å²) in [5.74, 6) is -4.65. The molecule has 2 heterocycles. The predicted molar refractivity (Wildman–Crippen MR) is 263 cm³/mol. The molecule has 0 saturated heterocycles. The van der Waals surface area contributed by atoms with E-state index in [-0.39, 0.29) is 97.1 Å². The van der Waals surface area contributed by atoms with Gasteiger partial charge in [0.15, 0.2) is 0 Å². The van der Waals surface area contributed by atoms with Gasteiger partial charge < -0.3 is 68.2 Å². The molecule has 25 nitrogen and oxygen atoms in total. The summed E-state index contributed by atoms with van der Waals surface area (Å²) in [6.07, 6.45) is 5.14. The molecule has 0 saturated carbocycles. The first-order valence-corrected chi connectivity index (χ1v) is 25.1. The first-order valence-electron chi connectivity index (χ1n) is 25.1. The van der Waals surface area contributed by atoms with Crippen LogP contribution >= 0.6 is 0 Å². The highest BCUT2D eigenvalue weighted by Gasteiger charge is 2.28. The van der Waals surface area contributed by atoms with Crippen molar-refractivity contribution in [2.75, 3.05) is 159 Å². The zero-order chi connectivity index (χ0) is 54.2. The number of carbonyl (C=O) groups excluding carboxylic acids is 9. The lowest BCUT2D eigenvalue weighted by atomic mass is 10.1. The van der Waals surface area contributed by atoms with Gasteiger partial charge in [-0.1, -0.05) is 0 Å². The molecule has 25 heteroatoms. The van der Waals surface area contributed by atoms with Crippen molar-refractivity contribution in [2.24, 2.45) is 0 Å². The molecule has 0 unspecified atom stereocenters. The molecule has 2 aliphatic heterocycles. The van der Waals surface area contributed by atoms with Gasteiger partial charge in [-0.15, -0.1) is 0 Å². The van der Waals surface area contributed by atoms with Gasteiger partial charge >= 0.3 is 5.97 Å². The number of amides is 8. The molecule has 0 spiro atoms. The van der Waals surface area contributed by atoms with E-state index in [9.17, 15) is 43.2 Å². The fourth-order valence-corrected chi connectivity index (χ4v) is 6.58. The zero-order valence-electron chi connectivity index (χ0n) is 43.7. The molecule has 0 aliphatic carbocycles. The van der Waals surface area contributed by atoms with Gasteiger partial charge in [0.1, 0.15) is 18.2 Å². The van der Waals surface area contributed by atoms with Crippen LogP contribution in [0.4, 0.5) is 0 Å². The molecule has 0 bridgehead atoms. The summed E-state index contributed by atoms with van der Waals surface area (Å²) in [5.41, 5.74) is -0.662. The van der Waals surface area contributed by atoms with Crippen LogP contribution in [-0.4, -0.2) is 238 Å². The van der Waals surface area contributed by atoms with Crippen LogP contribution in [-0.2, 0) is 90.5 Å². The first kappa shape index (κ1) is 64.9. The summed E-state index contributed by atoms with van der Waals surface area (Å²) in [6.45, 7) is 11.7. The van der Waals surface area contributed by atoms with E-state index in [1.807, 2.05) is 0 Å². The molecule has 2 rings (SSSR count). The van der Waals surface area contributed by atoms with Crippen molar-refractivity contribution in [3.63, 3.8) is 0 Å². The SMILES string of the molecule is COCCOCCOCCOCCOCCOCCOCCOCCOCC(=O)NCCCC[C@H](NC(=O)CCC(=O)N(CCN1C(=O)C=CC1=O)CCN1C(=O)C=CC1=O)C(=O)NCCCC(=O)OC(C)(C)C. The van der Waals surface area contributed by atoms with E-state index in [1.165, 1.54) is 4.90 Å². The van der Waals surface area contributed by atoms with Crippen LogP contribution in [0.5, 0.6) is 0 Å². The molecule has 74 heavy (non-hydrogen) atoms. The van der Waals surface area contributed by atoms with Crippen LogP contribution in [0.3, 0.4) is 0 Å². The van der Waals surface area contributed by atoms with Gasteiger partial charge in [0.2, 0.25) is 23.6 Å². The number of esters is 1. The molecular weight excluding hydrogens is 977 g/mol. The van der Waals surface area contributed by atoms with E-state index in [2.05, 4.69) is 16.0 Å². The van der Waals surface area contributed by atoms with Gasteiger partial charge in [-0.05, 0) is 46.5 Å². The Hall–Kier alpha value is -5.25. The smallest absolute Gasteiger partial charge is 0.306 e. The summed E-state index contributed by atoms with van der Waals surface area (Å²) in [6, 6.07) is -1.02. The molecule has 0 fully saturated rings. The maximum atomic E-state index is 13.4. The van der Waals surface area contributed by atoms with Crippen LogP contribution in [0, 0.1) is 0 Å². The van der Waals surface area contributed by atoms with Crippen molar-refractivity contribution < 1.29 is 90.5 Å². The largest absolute Gasteiger partial charge is 0.460 e. The number of carbonyl (C=O) groups is 9. The lowest BCUT2D eigenvalue weighted by molar-refractivity contribution is -0.155. The van der Waals surface area contributed by atoms with Gasteiger partial charge in [-0.25, -0.2) is 0 Å². The van der Waals surface area contributed by atoms with Crippen molar-refractivity contribution in [3.8, 4) is 0 Å². The minimum absolute atomic E-state index is 0.0608. The van der Waals surface area contributed by atoms with Gasteiger partial charge in [0.05, 0.1) is 106 Å². The predicted octanol–water partition coefficient (Wildman–Crippen LogP) is -0.766. The third kappa shape index (κ3) is 32.1. The zero-order valence-corrected chi connectivity index (χ0v) is 43.7. The Morgan fingerprint density at radius 2 is 0.946 bits per heavy atom. The highest BCUT2D eigenvalue weighted by molar-refractivity contribution is 6.13. The Morgan fingerprint density at radius 3 is 1.38 bits per heavy atom. The molecule has 3 N–H and O–H groups in total.